The first-order valence-corrected chi connectivity index (χ1v) is 10.1. The van der Waals surface area contributed by atoms with E-state index in [4.69, 9.17) is 0 Å². The van der Waals surface area contributed by atoms with Crippen molar-refractivity contribution < 1.29 is 4.79 Å². The molecule has 1 N–H and O–H groups in total. The number of aryl methyl sites for hydroxylation is 1. The van der Waals surface area contributed by atoms with Crippen LogP contribution in [0.3, 0.4) is 0 Å². The summed E-state index contributed by atoms with van der Waals surface area (Å²) in [6, 6.07) is 10.3. The zero-order chi connectivity index (χ0) is 20.5. The highest BCUT2D eigenvalue weighted by atomic mass is 16.2. The molecule has 0 saturated carbocycles. The van der Waals surface area contributed by atoms with E-state index in [1.54, 1.807) is 0 Å². The summed E-state index contributed by atoms with van der Waals surface area (Å²) in [6.07, 6.45) is 2.27. The predicted molar refractivity (Wildman–Crippen MR) is 112 cm³/mol. The highest BCUT2D eigenvalue weighted by Crippen LogP contribution is 2.21. The maximum Gasteiger partial charge on any atom is 0.279 e. The predicted octanol–water partition coefficient (Wildman–Crippen LogP) is 1.98. The fourth-order valence-corrected chi connectivity index (χ4v) is 3.97. The van der Waals surface area contributed by atoms with Crippen molar-refractivity contribution in [3.05, 3.63) is 69.3 Å². The van der Waals surface area contributed by atoms with Crippen LogP contribution < -0.4 is 10.9 Å². The third-order valence-electron chi connectivity index (χ3n) is 5.48. The summed E-state index contributed by atoms with van der Waals surface area (Å²) in [7, 11) is 1.92. The molecule has 4 rings (SSSR count). The Labute approximate surface area is 170 Å². The average Bonchev–Trinajstić information content (AvgIpc) is 3.16. The molecule has 1 aromatic carbocycles. The smallest absolute Gasteiger partial charge is 0.279 e. The summed E-state index contributed by atoms with van der Waals surface area (Å²) < 4.78 is 3.34. The zero-order valence-electron chi connectivity index (χ0n) is 17.2. The van der Waals surface area contributed by atoms with Crippen molar-refractivity contribution in [1.82, 2.24) is 24.4 Å². The Bertz CT molecular complexity index is 1100. The first-order chi connectivity index (χ1) is 14.0. The van der Waals surface area contributed by atoms with E-state index in [0.29, 0.717) is 30.2 Å². The first-order valence-electron chi connectivity index (χ1n) is 10.1. The van der Waals surface area contributed by atoms with Crippen LogP contribution in [0.1, 0.15) is 41.0 Å². The van der Waals surface area contributed by atoms with Crippen LogP contribution in [0.25, 0.3) is 5.65 Å². The van der Waals surface area contributed by atoms with Gasteiger partial charge in [-0.05, 0) is 11.5 Å². The number of rotatable bonds is 5. The number of nitrogens with zero attached hydrogens (tertiary/aromatic N) is 4. The van der Waals surface area contributed by atoms with E-state index in [0.717, 1.165) is 30.8 Å². The van der Waals surface area contributed by atoms with E-state index in [9.17, 15) is 9.59 Å². The molecule has 3 heterocycles. The molecule has 0 radical (unpaired) electrons. The first kappa shape index (κ1) is 19.4. The number of carbonyl (C=O) groups is 1. The zero-order valence-corrected chi connectivity index (χ0v) is 17.2. The molecule has 29 heavy (non-hydrogen) atoms. The third-order valence-corrected chi connectivity index (χ3v) is 5.48. The number of hydrogen-bond donors (Lipinski definition) is 1. The molecule has 0 bridgehead atoms. The summed E-state index contributed by atoms with van der Waals surface area (Å²) in [5.74, 6) is 0.165. The van der Waals surface area contributed by atoms with Crippen LogP contribution in [0.15, 0.2) is 41.3 Å². The fourth-order valence-electron chi connectivity index (χ4n) is 3.97. The normalized spacial score (nSPS) is 14.3. The largest absolute Gasteiger partial charge is 0.352 e. The van der Waals surface area contributed by atoms with Gasteiger partial charge >= 0.3 is 0 Å². The number of hydrogen-bond acceptors (Lipinski definition) is 4. The second kappa shape index (κ2) is 7.83. The monoisotopic (exact) mass is 393 g/mol. The quantitative estimate of drug-likeness (QED) is 0.720. The second-order valence-corrected chi connectivity index (χ2v) is 8.13. The van der Waals surface area contributed by atoms with Crippen LogP contribution in [0.4, 0.5) is 0 Å². The van der Waals surface area contributed by atoms with Crippen molar-refractivity contribution >= 4 is 11.6 Å². The van der Waals surface area contributed by atoms with E-state index in [2.05, 4.69) is 27.4 Å². The van der Waals surface area contributed by atoms with Crippen molar-refractivity contribution in [2.45, 2.75) is 33.4 Å². The van der Waals surface area contributed by atoms with Gasteiger partial charge in [-0.25, -0.2) is 0 Å². The highest BCUT2D eigenvalue weighted by Gasteiger charge is 2.26. The minimum atomic E-state index is -0.190. The molecule has 152 valence electrons. The van der Waals surface area contributed by atoms with E-state index >= 15 is 0 Å². The third kappa shape index (κ3) is 3.70. The van der Waals surface area contributed by atoms with E-state index in [1.807, 2.05) is 43.7 Å². The van der Waals surface area contributed by atoms with Gasteiger partial charge in [-0.3, -0.25) is 14.5 Å². The average molecular weight is 393 g/mol. The Hall–Kier alpha value is -2.93. The molecule has 1 aliphatic rings. The Balaban J connectivity index is 1.67. The van der Waals surface area contributed by atoms with Gasteiger partial charge in [-0.1, -0.05) is 44.2 Å². The number of amides is 1. The minimum absolute atomic E-state index is 0.131. The molecule has 3 aromatic rings. The molecular formula is C22H27N5O2. The van der Waals surface area contributed by atoms with Gasteiger partial charge in [0.25, 0.3) is 11.5 Å². The lowest BCUT2D eigenvalue weighted by atomic mass is 10.1. The molecule has 0 fully saturated rings. The van der Waals surface area contributed by atoms with Gasteiger partial charge in [0.2, 0.25) is 0 Å². The molecule has 2 aromatic heterocycles. The number of nitrogens with one attached hydrogen (secondary N) is 1. The van der Waals surface area contributed by atoms with Gasteiger partial charge in [-0.15, -0.1) is 0 Å². The highest BCUT2D eigenvalue weighted by molar-refractivity contribution is 5.99. The Morgan fingerprint density at radius 2 is 2.00 bits per heavy atom. The van der Waals surface area contributed by atoms with Crippen molar-refractivity contribution in [3.8, 4) is 0 Å². The SMILES string of the molecule is CC(C)CNC(=O)c1cnn2c(=O)c3c(n(C)c12)CCN(Cc1ccccc1)C3. The molecule has 0 atom stereocenters. The van der Waals surface area contributed by atoms with Gasteiger partial charge in [-0.2, -0.15) is 9.61 Å². The lowest BCUT2D eigenvalue weighted by Gasteiger charge is -2.29. The van der Waals surface area contributed by atoms with E-state index < -0.39 is 0 Å². The molecule has 1 aliphatic heterocycles. The van der Waals surface area contributed by atoms with Gasteiger partial charge in [0.05, 0.1) is 11.8 Å². The van der Waals surface area contributed by atoms with Crippen LogP contribution >= 0.6 is 0 Å². The Kier molecular flexibility index (Phi) is 5.24. The van der Waals surface area contributed by atoms with E-state index in [1.165, 1.54) is 16.3 Å². The second-order valence-electron chi connectivity index (χ2n) is 8.13. The van der Waals surface area contributed by atoms with Gasteiger partial charge in [0.15, 0.2) is 5.65 Å². The summed E-state index contributed by atoms with van der Waals surface area (Å²) in [6.45, 7) is 6.94. The van der Waals surface area contributed by atoms with Crippen molar-refractivity contribution in [2.24, 2.45) is 13.0 Å². The van der Waals surface area contributed by atoms with E-state index in [-0.39, 0.29) is 11.5 Å². The topological polar surface area (TPSA) is 71.6 Å². The van der Waals surface area contributed by atoms with Crippen LogP contribution in [0.5, 0.6) is 0 Å². The van der Waals surface area contributed by atoms with Crippen LogP contribution in [-0.4, -0.2) is 38.1 Å². The van der Waals surface area contributed by atoms with Crippen molar-refractivity contribution in [2.75, 3.05) is 13.1 Å². The van der Waals surface area contributed by atoms with Gasteiger partial charge in [0, 0.05) is 45.3 Å². The van der Waals surface area contributed by atoms with Crippen LogP contribution in [0.2, 0.25) is 0 Å². The Morgan fingerprint density at radius 1 is 1.24 bits per heavy atom. The maximum absolute atomic E-state index is 13.2. The number of carbonyl (C=O) groups excluding carboxylic acids is 1. The molecule has 1 amide bonds. The molecule has 0 unspecified atom stereocenters. The van der Waals surface area contributed by atoms with Gasteiger partial charge < -0.3 is 9.88 Å². The summed E-state index contributed by atoms with van der Waals surface area (Å²) in [5, 5.41) is 7.17. The molecule has 0 spiro atoms. The lowest BCUT2D eigenvalue weighted by molar-refractivity contribution is 0.0950. The molecule has 0 saturated heterocycles. The standard InChI is InChI=1S/C22H27N5O2/c1-15(2)11-23-20(28)17-12-24-27-21(17)25(3)19-9-10-26(14-18(19)22(27)29)13-16-7-5-4-6-8-16/h4-8,12,15H,9-11,13-14H2,1-3H3,(H,23,28). The molecular weight excluding hydrogens is 366 g/mol. The fraction of sp³-hybridized carbons (Fsp3) is 0.409. The number of aromatic nitrogens is 3. The van der Waals surface area contributed by atoms with Crippen molar-refractivity contribution in [1.29, 1.82) is 0 Å². The van der Waals surface area contributed by atoms with Crippen LogP contribution in [0, 0.1) is 5.92 Å². The molecule has 7 heteroatoms. The van der Waals surface area contributed by atoms with Gasteiger partial charge in [0.1, 0.15) is 5.56 Å². The Morgan fingerprint density at radius 3 is 2.72 bits per heavy atom. The number of benzene rings is 1. The summed E-state index contributed by atoms with van der Waals surface area (Å²) in [5.41, 5.74) is 3.86. The molecule has 7 nitrogen and oxygen atoms in total. The number of fused-ring (bicyclic) bond motifs is 2. The summed E-state index contributed by atoms with van der Waals surface area (Å²) in [4.78, 5) is 28.1. The lowest BCUT2D eigenvalue weighted by Crippen LogP contribution is -2.38. The summed E-state index contributed by atoms with van der Waals surface area (Å²) >= 11 is 0. The maximum atomic E-state index is 13.2. The molecule has 0 aliphatic carbocycles. The van der Waals surface area contributed by atoms with Crippen LogP contribution in [-0.2, 0) is 26.6 Å². The minimum Gasteiger partial charge on any atom is -0.352 e. The van der Waals surface area contributed by atoms with Crippen molar-refractivity contribution in [3.63, 3.8) is 0 Å².